The van der Waals surface area contributed by atoms with Crippen molar-refractivity contribution in [1.29, 1.82) is 0 Å². The number of amides is 1. The zero-order valence-electron chi connectivity index (χ0n) is 20.2. The molecule has 1 aromatic heterocycles. The highest BCUT2D eigenvalue weighted by atomic mass is 16.6. The van der Waals surface area contributed by atoms with Crippen LogP contribution in [0.25, 0.3) is 11.0 Å². The third kappa shape index (κ3) is 5.99. The summed E-state index contributed by atoms with van der Waals surface area (Å²) in [6.45, 7) is 3.72. The smallest absolute Gasteiger partial charge is 0.408 e. The van der Waals surface area contributed by atoms with Gasteiger partial charge in [-0.25, -0.2) is 14.4 Å². The van der Waals surface area contributed by atoms with Crippen molar-refractivity contribution in [3.05, 3.63) is 112 Å². The molecule has 0 saturated carbocycles. The second-order valence-corrected chi connectivity index (χ2v) is 8.40. The van der Waals surface area contributed by atoms with Crippen LogP contribution in [0.1, 0.15) is 35.6 Å². The molecule has 1 amide bonds. The molecule has 7 heteroatoms. The first-order valence-electron chi connectivity index (χ1n) is 11.7. The molecule has 0 aliphatic carbocycles. The van der Waals surface area contributed by atoms with Crippen molar-refractivity contribution >= 4 is 23.0 Å². The van der Waals surface area contributed by atoms with Crippen LogP contribution < -0.4 is 15.7 Å². The van der Waals surface area contributed by atoms with Gasteiger partial charge in [-0.05, 0) is 42.2 Å². The zero-order valence-corrected chi connectivity index (χ0v) is 20.2. The molecule has 7 nitrogen and oxygen atoms in total. The fourth-order valence-corrected chi connectivity index (χ4v) is 3.86. The van der Waals surface area contributed by atoms with Gasteiger partial charge in [-0.15, -0.1) is 0 Å². The van der Waals surface area contributed by atoms with E-state index < -0.39 is 23.7 Å². The normalized spacial score (nSPS) is 11.6. The summed E-state index contributed by atoms with van der Waals surface area (Å²) in [6.07, 6.45) is 0.0595. The number of rotatable bonds is 8. The van der Waals surface area contributed by atoms with Gasteiger partial charge in [0, 0.05) is 23.4 Å². The van der Waals surface area contributed by atoms with Crippen molar-refractivity contribution < 1.29 is 23.5 Å². The van der Waals surface area contributed by atoms with E-state index in [1.807, 2.05) is 67.6 Å². The molecular formula is C29H27NO6. The Morgan fingerprint density at radius 2 is 1.61 bits per heavy atom. The maximum Gasteiger partial charge on any atom is 0.408 e. The van der Waals surface area contributed by atoms with E-state index in [2.05, 4.69) is 5.32 Å². The summed E-state index contributed by atoms with van der Waals surface area (Å²) in [5.74, 6) is -0.433. The lowest BCUT2D eigenvalue weighted by molar-refractivity contribution is -0.136. The van der Waals surface area contributed by atoms with Crippen LogP contribution in [-0.4, -0.2) is 18.1 Å². The fraction of sp³-hybridized carbons (Fsp3) is 0.207. The Labute approximate surface area is 208 Å². The minimum atomic E-state index is -0.897. The standard InChI is InChI=1S/C29H27NO6/c1-3-25(30-29(33)34-18-21-12-8-5-9-13-21)28(32)35-22-14-15-23-19(2)24(27(31)36-26(23)17-22)16-20-10-6-4-7-11-20/h4-15,17,25H,3,16,18H2,1-2H3,(H,30,33)/t25-/m1/s1. The van der Waals surface area contributed by atoms with Crippen LogP contribution >= 0.6 is 0 Å². The Kier molecular flexibility index (Phi) is 7.80. The van der Waals surface area contributed by atoms with E-state index in [1.165, 1.54) is 6.07 Å². The van der Waals surface area contributed by atoms with Gasteiger partial charge >= 0.3 is 17.7 Å². The van der Waals surface area contributed by atoms with Crippen LogP contribution in [0.5, 0.6) is 5.75 Å². The van der Waals surface area contributed by atoms with E-state index in [0.29, 0.717) is 24.0 Å². The highest BCUT2D eigenvalue weighted by Gasteiger charge is 2.22. The van der Waals surface area contributed by atoms with Gasteiger partial charge in [0.25, 0.3) is 0 Å². The first-order valence-corrected chi connectivity index (χ1v) is 11.7. The predicted octanol–water partition coefficient (Wildman–Crippen LogP) is 5.30. The summed E-state index contributed by atoms with van der Waals surface area (Å²) >= 11 is 0. The molecule has 0 bridgehead atoms. The van der Waals surface area contributed by atoms with E-state index in [1.54, 1.807) is 19.1 Å². The average molecular weight is 486 g/mol. The lowest BCUT2D eigenvalue weighted by Gasteiger charge is -2.16. The number of hydrogen-bond acceptors (Lipinski definition) is 6. The summed E-state index contributed by atoms with van der Waals surface area (Å²) in [7, 11) is 0. The number of alkyl carbamates (subject to hydrolysis) is 1. The second-order valence-electron chi connectivity index (χ2n) is 8.40. The summed E-state index contributed by atoms with van der Waals surface area (Å²) in [4.78, 5) is 37.6. The third-order valence-electron chi connectivity index (χ3n) is 5.90. The fourth-order valence-electron chi connectivity index (χ4n) is 3.86. The van der Waals surface area contributed by atoms with Crippen molar-refractivity contribution in [2.75, 3.05) is 0 Å². The molecule has 0 aliphatic heterocycles. The van der Waals surface area contributed by atoms with Crippen molar-refractivity contribution in [1.82, 2.24) is 5.32 Å². The Morgan fingerprint density at radius 1 is 0.944 bits per heavy atom. The van der Waals surface area contributed by atoms with Crippen molar-refractivity contribution in [2.24, 2.45) is 0 Å². The van der Waals surface area contributed by atoms with E-state index in [0.717, 1.165) is 22.1 Å². The van der Waals surface area contributed by atoms with Crippen molar-refractivity contribution in [3.8, 4) is 5.75 Å². The Balaban J connectivity index is 1.44. The number of carbonyl (C=O) groups is 2. The van der Waals surface area contributed by atoms with E-state index in [4.69, 9.17) is 13.9 Å². The number of fused-ring (bicyclic) bond motifs is 1. The molecule has 36 heavy (non-hydrogen) atoms. The van der Waals surface area contributed by atoms with Crippen LogP contribution in [0.4, 0.5) is 4.79 Å². The number of ether oxygens (including phenoxy) is 2. The summed E-state index contributed by atoms with van der Waals surface area (Å²) in [6, 6.07) is 22.9. The van der Waals surface area contributed by atoms with Gasteiger partial charge in [-0.3, -0.25) is 0 Å². The van der Waals surface area contributed by atoms with E-state index in [-0.39, 0.29) is 12.4 Å². The van der Waals surface area contributed by atoms with Crippen molar-refractivity contribution in [2.45, 2.75) is 39.3 Å². The molecule has 0 fully saturated rings. The monoisotopic (exact) mass is 485 g/mol. The van der Waals surface area contributed by atoms with Crippen LogP contribution in [0.3, 0.4) is 0 Å². The highest BCUT2D eigenvalue weighted by molar-refractivity contribution is 5.85. The molecule has 4 aromatic rings. The van der Waals surface area contributed by atoms with E-state index in [9.17, 15) is 14.4 Å². The molecule has 0 aliphatic rings. The molecular weight excluding hydrogens is 458 g/mol. The maximum absolute atomic E-state index is 12.7. The van der Waals surface area contributed by atoms with Gasteiger partial charge in [0.1, 0.15) is 24.0 Å². The molecule has 0 saturated heterocycles. The summed E-state index contributed by atoms with van der Waals surface area (Å²) in [5, 5.41) is 3.29. The molecule has 184 valence electrons. The van der Waals surface area contributed by atoms with Crippen LogP contribution in [0.2, 0.25) is 0 Å². The lowest BCUT2D eigenvalue weighted by atomic mass is 10.00. The topological polar surface area (TPSA) is 94.8 Å². The van der Waals surface area contributed by atoms with Gasteiger partial charge in [-0.2, -0.15) is 0 Å². The second kappa shape index (κ2) is 11.4. The number of esters is 1. The number of nitrogens with one attached hydrogen (secondary N) is 1. The molecule has 0 radical (unpaired) electrons. The minimum absolute atomic E-state index is 0.0907. The Morgan fingerprint density at radius 3 is 2.28 bits per heavy atom. The zero-order chi connectivity index (χ0) is 25.5. The molecule has 3 aromatic carbocycles. The largest absolute Gasteiger partial charge is 0.445 e. The number of hydrogen-bond donors (Lipinski definition) is 1. The Hall–Kier alpha value is -4.39. The molecule has 1 heterocycles. The summed E-state index contributed by atoms with van der Waals surface area (Å²) < 4.78 is 16.2. The minimum Gasteiger partial charge on any atom is -0.445 e. The first kappa shape index (κ1) is 24.7. The predicted molar refractivity (Wildman–Crippen MR) is 136 cm³/mol. The van der Waals surface area contributed by atoms with Gasteiger partial charge in [0.05, 0.1) is 0 Å². The SMILES string of the molecule is CC[C@@H](NC(=O)OCc1ccccc1)C(=O)Oc1ccc2c(C)c(Cc3ccccc3)c(=O)oc2c1. The van der Waals surface area contributed by atoms with E-state index >= 15 is 0 Å². The van der Waals surface area contributed by atoms with Gasteiger partial charge in [0.2, 0.25) is 0 Å². The number of aryl methyl sites for hydroxylation is 1. The number of carbonyl (C=O) groups excluding carboxylic acids is 2. The Bertz CT molecular complexity index is 1410. The highest BCUT2D eigenvalue weighted by Crippen LogP contribution is 2.25. The van der Waals surface area contributed by atoms with Gasteiger partial charge in [-0.1, -0.05) is 67.6 Å². The quantitative estimate of drug-likeness (QED) is 0.207. The molecule has 0 spiro atoms. The molecule has 4 rings (SSSR count). The lowest BCUT2D eigenvalue weighted by Crippen LogP contribution is -2.42. The van der Waals surface area contributed by atoms with Crippen LogP contribution in [0, 0.1) is 6.92 Å². The maximum atomic E-state index is 12.7. The van der Waals surface area contributed by atoms with Gasteiger partial charge in [0.15, 0.2) is 0 Å². The molecule has 0 unspecified atom stereocenters. The van der Waals surface area contributed by atoms with Gasteiger partial charge < -0.3 is 19.2 Å². The molecule has 1 atom stereocenters. The van der Waals surface area contributed by atoms with Crippen molar-refractivity contribution in [3.63, 3.8) is 0 Å². The summed E-state index contributed by atoms with van der Waals surface area (Å²) in [5.41, 5.74) is 3.14. The number of benzene rings is 3. The first-order chi connectivity index (χ1) is 17.4. The van der Waals surface area contributed by atoms with Crippen LogP contribution in [0.15, 0.2) is 88.1 Å². The molecule has 1 N–H and O–H groups in total. The third-order valence-corrected chi connectivity index (χ3v) is 5.90. The average Bonchev–Trinajstić information content (AvgIpc) is 2.89. The van der Waals surface area contributed by atoms with Crippen LogP contribution in [-0.2, 0) is 22.6 Å².